The van der Waals surface area contributed by atoms with Gasteiger partial charge in [0.25, 0.3) is 0 Å². The average Bonchev–Trinajstić information content (AvgIpc) is 2.26. The predicted octanol–water partition coefficient (Wildman–Crippen LogP) is 1.56. The van der Waals surface area contributed by atoms with Crippen molar-refractivity contribution in [3.63, 3.8) is 0 Å². The second-order valence-corrected chi connectivity index (χ2v) is 4.47. The zero-order valence-corrected chi connectivity index (χ0v) is 8.86. The van der Waals surface area contributed by atoms with Crippen LogP contribution in [-0.2, 0) is 6.42 Å². The van der Waals surface area contributed by atoms with Gasteiger partial charge in [0, 0.05) is 10.6 Å². The molecular weight excluding hydrogens is 194 g/mol. The van der Waals surface area contributed by atoms with E-state index < -0.39 is 0 Å². The molecule has 0 unspecified atom stereocenters. The molecule has 1 heterocycles. The average molecular weight is 209 g/mol. The number of anilines is 1. The van der Waals surface area contributed by atoms with Crippen LogP contribution in [-0.4, -0.2) is 12.4 Å². The number of rotatable bonds is 3. The van der Waals surface area contributed by atoms with Crippen molar-refractivity contribution in [3.8, 4) is 0 Å². The molecule has 0 spiro atoms. The van der Waals surface area contributed by atoms with E-state index in [1.165, 1.54) is 29.1 Å². The Balaban J connectivity index is 2.12. The molecule has 2 rings (SSSR count). The van der Waals surface area contributed by atoms with Gasteiger partial charge in [0.15, 0.2) is 0 Å². The van der Waals surface area contributed by atoms with E-state index in [4.69, 9.17) is 5.84 Å². The minimum Gasteiger partial charge on any atom is -0.371 e. The van der Waals surface area contributed by atoms with Crippen molar-refractivity contribution in [3.05, 3.63) is 23.8 Å². The Morgan fingerprint density at radius 1 is 1.43 bits per heavy atom. The third-order valence-corrected chi connectivity index (χ3v) is 3.51. The molecule has 76 valence electrons. The van der Waals surface area contributed by atoms with Crippen LogP contribution < -0.4 is 16.6 Å². The van der Waals surface area contributed by atoms with E-state index in [-0.39, 0.29) is 0 Å². The van der Waals surface area contributed by atoms with Crippen LogP contribution in [0.3, 0.4) is 0 Å². The smallest absolute Gasteiger partial charge is 0.0780 e. The van der Waals surface area contributed by atoms with Gasteiger partial charge in [0.05, 0.1) is 6.67 Å². The first kappa shape index (κ1) is 9.83. The van der Waals surface area contributed by atoms with Crippen molar-refractivity contribution in [2.75, 3.05) is 17.7 Å². The number of nitrogens with two attached hydrogens (primary N) is 1. The molecule has 1 aliphatic heterocycles. The summed E-state index contributed by atoms with van der Waals surface area (Å²) in [4.78, 5) is 1.43. The molecule has 0 fully saturated rings. The highest BCUT2D eigenvalue weighted by atomic mass is 32.2. The highest BCUT2D eigenvalue weighted by Crippen LogP contribution is 2.31. The third-order valence-electron chi connectivity index (χ3n) is 2.30. The van der Waals surface area contributed by atoms with E-state index in [2.05, 4.69) is 28.9 Å². The van der Waals surface area contributed by atoms with Crippen LogP contribution in [0.4, 0.5) is 5.69 Å². The molecule has 1 aromatic carbocycles. The quantitative estimate of drug-likeness (QED) is 0.402. The molecule has 4 heteroatoms. The summed E-state index contributed by atoms with van der Waals surface area (Å²) in [6.45, 7) is 0.603. The maximum Gasteiger partial charge on any atom is 0.0780 e. The van der Waals surface area contributed by atoms with Crippen LogP contribution >= 0.6 is 11.8 Å². The number of fused-ring (bicyclic) bond motifs is 1. The third kappa shape index (κ3) is 2.20. The van der Waals surface area contributed by atoms with E-state index in [9.17, 15) is 0 Å². The Labute approximate surface area is 88.4 Å². The fourth-order valence-electron chi connectivity index (χ4n) is 1.62. The Bertz CT molecular complexity index is 314. The van der Waals surface area contributed by atoms with Gasteiger partial charge in [-0.25, -0.2) is 5.43 Å². The molecule has 1 aromatic rings. The normalized spacial score (nSPS) is 14.9. The summed E-state index contributed by atoms with van der Waals surface area (Å²) in [5, 5.41) is 3.20. The number of hydrazine groups is 1. The second-order valence-electron chi connectivity index (χ2n) is 3.33. The maximum atomic E-state index is 5.20. The second kappa shape index (κ2) is 4.68. The minimum absolute atomic E-state index is 0.603. The molecule has 0 atom stereocenters. The summed E-state index contributed by atoms with van der Waals surface area (Å²) in [5.74, 6) is 6.45. The number of nitrogens with one attached hydrogen (secondary N) is 2. The summed E-state index contributed by atoms with van der Waals surface area (Å²) in [6, 6.07) is 6.52. The number of hydrogen-bond acceptors (Lipinski definition) is 4. The summed E-state index contributed by atoms with van der Waals surface area (Å²) >= 11 is 1.95. The zero-order valence-electron chi connectivity index (χ0n) is 8.05. The van der Waals surface area contributed by atoms with Gasteiger partial charge in [0.1, 0.15) is 0 Å². The molecule has 0 saturated carbocycles. The summed E-state index contributed by atoms with van der Waals surface area (Å²) < 4.78 is 0. The fourth-order valence-corrected chi connectivity index (χ4v) is 2.64. The van der Waals surface area contributed by atoms with Crippen molar-refractivity contribution < 1.29 is 0 Å². The summed E-state index contributed by atoms with van der Waals surface area (Å²) in [6.07, 6.45) is 2.49. The Morgan fingerprint density at radius 2 is 2.36 bits per heavy atom. The highest BCUT2D eigenvalue weighted by Gasteiger charge is 2.09. The van der Waals surface area contributed by atoms with Gasteiger partial charge in [-0.1, -0.05) is 0 Å². The lowest BCUT2D eigenvalue weighted by atomic mass is 10.1. The fraction of sp³-hybridized carbons (Fsp3) is 0.400. The van der Waals surface area contributed by atoms with Crippen LogP contribution in [0.5, 0.6) is 0 Å². The van der Waals surface area contributed by atoms with Gasteiger partial charge in [-0.2, -0.15) is 0 Å². The lowest BCUT2D eigenvalue weighted by molar-refractivity contribution is 0.789. The Kier molecular flexibility index (Phi) is 3.29. The Morgan fingerprint density at radius 3 is 3.21 bits per heavy atom. The SMILES string of the molecule is NNCNc1ccc2c(c1)CCCS2. The summed E-state index contributed by atoms with van der Waals surface area (Å²) in [7, 11) is 0. The summed E-state index contributed by atoms with van der Waals surface area (Å²) in [5.41, 5.74) is 5.18. The van der Waals surface area contributed by atoms with Gasteiger partial charge in [0.2, 0.25) is 0 Å². The van der Waals surface area contributed by atoms with Crippen molar-refractivity contribution in [2.45, 2.75) is 17.7 Å². The molecular formula is C10H15N3S. The first-order valence-corrected chi connectivity index (χ1v) is 5.82. The van der Waals surface area contributed by atoms with Gasteiger partial charge in [-0.05, 0) is 42.4 Å². The molecule has 0 aliphatic carbocycles. The van der Waals surface area contributed by atoms with Crippen LogP contribution in [0.1, 0.15) is 12.0 Å². The topological polar surface area (TPSA) is 50.1 Å². The first-order valence-electron chi connectivity index (χ1n) is 4.83. The largest absolute Gasteiger partial charge is 0.371 e. The number of benzene rings is 1. The van der Waals surface area contributed by atoms with Gasteiger partial charge in [-0.15, -0.1) is 11.8 Å². The standard InChI is InChI=1S/C10H15N3S/c11-13-7-12-9-3-4-10-8(6-9)2-1-5-14-10/h3-4,6,12-13H,1-2,5,7,11H2. The molecule has 0 bridgehead atoms. The van der Waals surface area contributed by atoms with Crippen LogP contribution in [0.25, 0.3) is 0 Å². The molecule has 0 aromatic heterocycles. The maximum absolute atomic E-state index is 5.20. The van der Waals surface area contributed by atoms with E-state index >= 15 is 0 Å². The molecule has 3 nitrogen and oxygen atoms in total. The number of aryl methyl sites for hydroxylation is 1. The van der Waals surface area contributed by atoms with Gasteiger partial charge in [-0.3, -0.25) is 5.84 Å². The predicted molar refractivity (Wildman–Crippen MR) is 61.3 cm³/mol. The molecule has 1 aliphatic rings. The molecule has 0 amide bonds. The monoisotopic (exact) mass is 209 g/mol. The van der Waals surface area contributed by atoms with Crippen molar-refractivity contribution in [1.29, 1.82) is 0 Å². The van der Waals surface area contributed by atoms with Gasteiger partial charge >= 0.3 is 0 Å². The number of thioether (sulfide) groups is 1. The number of hydrogen-bond donors (Lipinski definition) is 3. The van der Waals surface area contributed by atoms with Crippen LogP contribution in [0.15, 0.2) is 23.1 Å². The van der Waals surface area contributed by atoms with E-state index in [0.717, 1.165) is 5.69 Å². The Hall–Kier alpha value is -0.710. The van der Waals surface area contributed by atoms with Gasteiger partial charge < -0.3 is 5.32 Å². The molecule has 4 N–H and O–H groups in total. The molecule has 0 radical (unpaired) electrons. The highest BCUT2D eigenvalue weighted by molar-refractivity contribution is 7.99. The van der Waals surface area contributed by atoms with Crippen LogP contribution in [0.2, 0.25) is 0 Å². The molecule has 0 saturated heterocycles. The zero-order chi connectivity index (χ0) is 9.80. The lowest BCUT2D eigenvalue weighted by Crippen LogP contribution is -2.28. The lowest BCUT2D eigenvalue weighted by Gasteiger charge is -2.16. The van der Waals surface area contributed by atoms with Crippen molar-refractivity contribution in [1.82, 2.24) is 5.43 Å². The van der Waals surface area contributed by atoms with Crippen molar-refractivity contribution in [2.24, 2.45) is 5.84 Å². The molecule has 14 heavy (non-hydrogen) atoms. The van der Waals surface area contributed by atoms with Crippen LogP contribution in [0, 0.1) is 0 Å². The van der Waals surface area contributed by atoms with E-state index in [1.807, 2.05) is 11.8 Å². The first-order chi connectivity index (χ1) is 6.90. The van der Waals surface area contributed by atoms with E-state index in [1.54, 1.807) is 0 Å². The van der Waals surface area contributed by atoms with E-state index in [0.29, 0.717) is 6.67 Å². The van der Waals surface area contributed by atoms with Crippen molar-refractivity contribution >= 4 is 17.4 Å². The minimum atomic E-state index is 0.603.